The molecule has 0 rings (SSSR count). The van der Waals surface area contributed by atoms with Crippen LogP contribution in [0.5, 0.6) is 0 Å². The smallest absolute Gasteiger partial charge is 0.356 e. The van der Waals surface area contributed by atoms with E-state index in [2.05, 4.69) is 30.5 Å². The van der Waals surface area contributed by atoms with Crippen molar-refractivity contribution in [1.29, 1.82) is 0 Å². The molecule has 0 aliphatic heterocycles. The van der Waals surface area contributed by atoms with E-state index < -0.39 is 10.4 Å². The van der Waals surface area contributed by atoms with Gasteiger partial charge in [0.05, 0.1) is 33.8 Å². The van der Waals surface area contributed by atoms with E-state index in [4.69, 9.17) is 4.55 Å². The lowest BCUT2D eigenvalue weighted by Crippen LogP contribution is -2.43. The van der Waals surface area contributed by atoms with Crippen molar-refractivity contribution in [2.45, 2.75) is 110 Å². The van der Waals surface area contributed by atoms with Gasteiger partial charge in [0, 0.05) is 25.8 Å². The normalized spacial score (nSPS) is 12.2. The monoisotopic (exact) mass is 479 g/mol. The standard InChI is InChI=1S/C24H50N2O5S/c1-4-5-6-7-8-9-10-11-12-13-14-15-16-19-24(27)25-20-17-21-26(2,3)22-18-23-31-32(28,29)30/h4-23H2,1-3H3,(H-,25,27,28,29,30)/p+1. The highest BCUT2D eigenvalue weighted by Gasteiger charge is 2.15. The number of carbonyl (C=O) groups is 1. The highest BCUT2D eigenvalue weighted by Crippen LogP contribution is 2.13. The van der Waals surface area contributed by atoms with E-state index in [-0.39, 0.29) is 12.5 Å². The highest BCUT2D eigenvalue weighted by molar-refractivity contribution is 7.80. The zero-order valence-electron chi connectivity index (χ0n) is 21.1. The van der Waals surface area contributed by atoms with Crippen molar-refractivity contribution in [3.63, 3.8) is 0 Å². The summed E-state index contributed by atoms with van der Waals surface area (Å²) in [5.74, 6) is 0.139. The summed E-state index contributed by atoms with van der Waals surface area (Å²) in [6.45, 7) is 4.53. The van der Waals surface area contributed by atoms with Crippen molar-refractivity contribution >= 4 is 16.3 Å². The predicted octanol–water partition coefficient (Wildman–Crippen LogP) is 5.26. The van der Waals surface area contributed by atoms with Crippen molar-refractivity contribution in [3.8, 4) is 0 Å². The molecule has 0 aliphatic rings. The van der Waals surface area contributed by atoms with Crippen LogP contribution in [0.3, 0.4) is 0 Å². The molecule has 7 nitrogen and oxygen atoms in total. The summed E-state index contributed by atoms with van der Waals surface area (Å²) in [5.41, 5.74) is 0. The summed E-state index contributed by atoms with van der Waals surface area (Å²) in [5, 5.41) is 3.00. The van der Waals surface area contributed by atoms with Gasteiger partial charge in [-0.15, -0.1) is 0 Å². The fourth-order valence-corrected chi connectivity index (χ4v) is 4.22. The fourth-order valence-electron chi connectivity index (χ4n) is 3.90. The average Bonchev–Trinajstić information content (AvgIpc) is 2.71. The lowest BCUT2D eigenvalue weighted by Gasteiger charge is -2.29. The van der Waals surface area contributed by atoms with E-state index in [9.17, 15) is 13.2 Å². The first-order valence-electron chi connectivity index (χ1n) is 12.9. The molecule has 0 atom stereocenters. The van der Waals surface area contributed by atoms with E-state index in [0.29, 0.717) is 23.9 Å². The van der Waals surface area contributed by atoms with Crippen molar-refractivity contribution < 1.29 is 26.4 Å². The van der Waals surface area contributed by atoms with Gasteiger partial charge < -0.3 is 9.80 Å². The number of hydrogen-bond donors (Lipinski definition) is 2. The van der Waals surface area contributed by atoms with Crippen LogP contribution < -0.4 is 5.32 Å². The van der Waals surface area contributed by atoms with E-state index in [1.807, 2.05) is 0 Å². The van der Waals surface area contributed by atoms with Crippen LogP contribution in [0, 0.1) is 0 Å². The number of nitrogens with one attached hydrogen (secondary N) is 1. The molecular formula is C24H51N2O5S+. The quantitative estimate of drug-likeness (QED) is 0.118. The Hall–Kier alpha value is -0.700. The molecule has 0 fully saturated rings. The Labute approximate surface area is 198 Å². The number of amides is 1. The Kier molecular flexibility index (Phi) is 19.3. The molecule has 0 unspecified atom stereocenters. The third-order valence-corrected chi connectivity index (χ3v) is 6.37. The molecule has 0 aromatic rings. The van der Waals surface area contributed by atoms with Crippen molar-refractivity contribution in [2.24, 2.45) is 0 Å². The molecule has 0 saturated heterocycles. The lowest BCUT2D eigenvalue weighted by molar-refractivity contribution is -0.890. The molecule has 0 aromatic heterocycles. The van der Waals surface area contributed by atoms with E-state index >= 15 is 0 Å². The molecule has 192 valence electrons. The predicted molar refractivity (Wildman–Crippen MR) is 132 cm³/mol. The third kappa shape index (κ3) is 24.0. The molecule has 32 heavy (non-hydrogen) atoms. The van der Waals surface area contributed by atoms with Gasteiger partial charge in [-0.25, -0.2) is 4.18 Å². The maximum Gasteiger partial charge on any atom is 0.397 e. The number of hydrogen-bond acceptors (Lipinski definition) is 4. The minimum absolute atomic E-state index is 0.0175. The van der Waals surface area contributed by atoms with Gasteiger partial charge in [-0.2, -0.15) is 8.42 Å². The van der Waals surface area contributed by atoms with Gasteiger partial charge in [0.15, 0.2) is 0 Å². The largest absolute Gasteiger partial charge is 0.397 e. The summed E-state index contributed by atoms with van der Waals surface area (Å²) in [6, 6.07) is 0. The third-order valence-electron chi connectivity index (χ3n) is 5.91. The van der Waals surface area contributed by atoms with Crippen LogP contribution in [-0.2, 0) is 19.4 Å². The van der Waals surface area contributed by atoms with Crippen LogP contribution >= 0.6 is 0 Å². The first-order chi connectivity index (χ1) is 15.2. The molecule has 0 heterocycles. The summed E-state index contributed by atoms with van der Waals surface area (Å²) >= 11 is 0. The van der Waals surface area contributed by atoms with E-state index in [0.717, 1.165) is 32.4 Å². The average molecular weight is 480 g/mol. The number of nitrogens with zero attached hydrogens (tertiary/aromatic N) is 1. The lowest BCUT2D eigenvalue weighted by atomic mass is 10.0. The summed E-state index contributed by atoms with van der Waals surface area (Å²) in [7, 11) is -0.232. The summed E-state index contributed by atoms with van der Waals surface area (Å²) in [4.78, 5) is 12.0. The number of carbonyl (C=O) groups excluding carboxylic acids is 1. The summed E-state index contributed by atoms with van der Waals surface area (Å²) < 4.78 is 34.7. The zero-order valence-corrected chi connectivity index (χ0v) is 21.9. The molecule has 0 spiro atoms. The number of rotatable bonds is 23. The van der Waals surface area contributed by atoms with Crippen molar-refractivity contribution in [1.82, 2.24) is 5.32 Å². The first-order valence-corrected chi connectivity index (χ1v) is 14.2. The molecule has 8 heteroatoms. The van der Waals surface area contributed by atoms with Crippen LogP contribution in [0.25, 0.3) is 0 Å². The van der Waals surface area contributed by atoms with E-state index in [1.54, 1.807) is 0 Å². The Balaban J connectivity index is 3.45. The van der Waals surface area contributed by atoms with Gasteiger partial charge in [0.25, 0.3) is 0 Å². The molecule has 0 saturated carbocycles. The molecule has 0 aliphatic carbocycles. The second-order valence-corrected chi connectivity index (χ2v) is 10.8. The van der Waals surface area contributed by atoms with Crippen LogP contribution in [0.2, 0.25) is 0 Å². The van der Waals surface area contributed by atoms with Crippen LogP contribution in [0.15, 0.2) is 0 Å². The molecule has 2 N–H and O–H groups in total. The summed E-state index contributed by atoms with van der Waals surface area (Å²) in [6.07, 6.45) is 19.0. The molecule has 0 aromatic carbocycles. The molecular weight excluding hydrogens is 428 g/mol. The minimum Gasteiger partial charge on any atom is -0.356 e. The SMILES string of the molecule is CCCCCCCCCCCCCCCC(=O)NCCC[N+](C)(C)CCCOS(=O)(=O)O. The number of unbranched alkanes of at least 4 members (excludes halogenated alkanes) is 12. The highest BCUT2D eigenvalue weighted by atomic mass is 32.3. The maximum atomic E-state index is 12.0. The maximum absolute atomic E-state index is 12.0. The first kappa shape index (κ1) is 31.3. The fraction of sp³-hybridized carbons (Fsp3) is 0.958. The van der Waals surface area contributed by atoms with Crippen LogP contribution in [-0.4, -0.2) is 63.7 Å². The van der Waals surface area contributed by atoms with Gasteiger partial charge in [0.2, 0.25) is 5.91 Å². The second kappa shape index (κ2) is 19.7. The Morgan fingerprint density at radius 1 is 0.781 bits per heavy atom. The van der Waals surface area contributed by atoms with Gasteiger partial charge in [-0.1, -0.05) is 84.0 Å². The topological polar surface area (TPSA) is 92.7 Å². The van der Waals surface area contributed by atoms with Gasteiger partial charge >= 0.3 is 10.4 Å². The molecule has 0 radical (unpaired) electrons. The van der Waals surface area contributed by atoms with Gasteiger partial charge in [-0.3, -0.25) is 9.35 Å². The van der Waals surface area contributed by atoms with Gasteiger partial charge in [-0.05, 0) is 6.42 Å². The van der Waals surface area contributed by atoms with Crippen molar-refractivity contribution in [2.75, 3.05) is 40.3 Å². The molecule has 0 bridgehead atoms. The second-order valence-electron chi connectivity index (χ2n) is 9.68. The Morgan fingerprint density at radius 2 is 1.25 bits per heavy atom. The van der Waals surface area contributed by atoms with Crippen molar-refractivity contribution in [3.05, 3.63) is 0 Å². The zero-order chi connectivity index (χ0) is 24.1. The molecule has 1 amide bonds. The minimum atomic E-state index is -4.35. The van der Waals surface area contributed by atoms with Crippen LogP contribution in [0.4, 0.5) is 0 Å². The van der Waals surface area contributed by atoms with Crippen LogP contribution in [0.1, 0.15) is 110 Å². The Bertz CT molecular complexity index is 553. The number of quaternary nitrogens is 1. The Morgan fingerprint density at radius 3 is 1.75 bits per heavy atom. The van der Waals surface area contributed by atoms with Gasteiger partial charge in [0.1, 0.15) is 0 Å². The van der Waals surface area contributed by atoms with E-state index in [1.165, 1.54) is 70.6 Å².